The molecule has 2 N–H and O–H groups in total. The fourth-order valence-electron chi connectivity index (χ4n) is 3.40. The molecule has 0 saturated heterocycles. The minimum absolute atomic E-state index is 0.0953. The number of ether oxygens (including phenoxy) is 2. The Hall–Kier alpha value is -4.63. The molecule has 0 fully saturated rings. The summed E-state index contributed by atoms with van der Waals surface area (Å²) in [5, 5.41) is 24.2. The van der Waals surface area contributed by atoms with Crippen LogP contribution in [0.1, 0.15) is 11.1 Å². The topological polar surface area (TPSA) is 126 Å². The highest BCUT2D eigenvalue weighted by Gasteiger charge is 2.32. The quantitative estimate of drug-likeness (QED) is 0.418. The SMILES string of the molecule is O=C(O)COc1ccc(/C=C2\C(=O)N(c3ccc(Cl)cc3)N=C2c2ccccc2)c(OCC(=O)O)c1. The van der Waals surface area contributed by atoms with Gasteiger partial charge in [-0.05, 0) is 42.5 Å². The number of rotatable bonds is 9. The monoisotopic (exact) mass is 506 g/mol. The lowest BCUT2D eigenvalue weighted by Gasteiger charge is -2.12. The standard InChI is InChI=1S/C26H19ClN2O7/c27-18-7-9-19(10-8-18)29-26(34)21(25(28-29)16-4-2-1-3-5-16)12-17-6-11-20(35-14-23(30)31)13-22(17)36-15-24(32)33/h1-13H,14-15H2,(H,30,31)(H,32,33)/b21-12-. The summed E-state index contributed by atoms with van der Waals surface area (Å²) >= 11 is 5.99. The van der Waals surface area contributed by atoms with E-state index in [1.807, 2.05) is 30.3 Å². The predicted molar refractivity (Wildman–Crippen MR) is 133 cm³/mol. The maximum Gasteiger partial charge on any atom is 0.341 e. The highest BCUT2D eigenvalue weighted by Crippen LogP contribution is 2.32. The molecule has 1 aliphatic rings. The van der Waals surface area contributed by atoms with Crippen molar-refractivity contribution in [1.82, 2.24) is 0 Å². The number of hydrogen-bond donors (Lipinski definition) is 2. The fraction of sp³-hybridized carbons (Fsp3) is 0.0769. The molecule has 0 unspecified atom stereocenters. The number of carbonyl (C=O) groups is 3. The maximum absolute atomic E-state index is 13.5. The van der Waals surface area contributed by atoms with E-state index in [0.717, 1.165) is 0 Å². The van der Waals surface area contributed by atoms with Crippen LogP contribution in [0.25, 0.3) is 6.08 Å². The molecule has 3 aromatic carbocycles. The van der Waals surface area contributed by atoms with Crippen LogP contribution in [-0.4, -0.2) is 47.0 Å². The average Bonchev–Trinajstić information content (AvgIpc) is 3.19. The molecule has 9 nitrogen and oxygen atoms in total. The summed E-state index contributed by atoms with van der Waals surface area (Å²) in [6.45, 7) is -1.23. The van der Waals surface area contributed by atoms with Crippen LogP contribution < -0.4 is 14.5 Å². The lowest BCUT2D eigenvalue weighted by molar-refractivity contribution is -0.140. The molecule has 0 saturated carbocycles. The normalized spacial score (nSPS) is 14.0. The van der Waals surface area contributed by atoms with Gasteiger partial charge in [0.25, 0.3) is 5.91 Å². The van der Waals surface area contributed by atoms with Crippen molar-refractivity contribution in [2.75, 3.05) is 18.2 Å². The zero-order valence-corrected chi connectivity index (χ0v) is 19.4. The summed E-state index contributed by atoms with van der Waals surface area (Å²) in [5.74, 6) is -2.53. The van der Waals surface area contributed by atoms with Gasteiger partial charge in [-0.25, -0.2) is 9.59 Å². The van der Waals surface area contributed by atoms with Crippen LogP contribution in [0.4, 0.5) is 5.69 Å². The predicted octanol–water partition coefficient (Wildman–Crippen LogP) is 4.10. The molecule has 1 amide bonds. The van der Waals surface area contributed by atoms with Gasteiger partial charge in [0.05, 0.1) is 11.3 Å². The van der Waals surface area contributed by atoms with Crippen molar-refractivity contribution >= 4 is 46.9 Å². The van der Waals surface area contributed by atoms with Gasteiger partial charge < -0.3 is 19.7 Å². The van der Waals surface area contributed by atoms with E-state index in [4.69, 9.17) is 31.3 Å². The molecule has 0 aliphatic carbocycles. The van der Waals surface area contributed by atoms with Gasteiger partial charge in [0.2, 0.25) is 0 Å². The summed E-state index contributed by atoms with van der Waals surface area (Å²) in [4.78, 5) is 35.4. The number of benzene rings is 3. The highest BCUT2D eigenvalue weighted by atomic mass is 35.5. The first kappa shape index (κ1) is 24.5. The Morgan fingerprint density at radius 2 is 1.58 bits per heavy atom. The summed E-state index contributed by atoms with van der Waals surface area (Å²) in [6.07, 6.45) is 1.54. The van der Waals surface area contributed by atoms with E-state index in [1.165, 1.54) is 17.1 Å². The molecule has 1 heterocycles. The van der Waals surface area contributed by atoms with Crippen molar-refractivity contribution < 1.29 is 34.1 Å². The van der Waals surface area contributed by atoms with Crippen molar-refractivity contribution in [2.24, 2.45) is 5.10 Å². The number of halogens is 1. The molecular formula is C26H19ClN2O7. The lowest BCUT2D eigenvalue weighted by atomic mass is 10.00. The van der Waals surface area contributed by atoms with E-state index >= 15 is 0 Å². The number of carboxylic acids is 2. The Morgan fingerprint density at radius 3 is 2.25 bits per heavy atom. The molecule has 0 bridgehead atoms. The van der Waals surface area contributed by atoms with E-state index in [-0.39, 0.29) is 17.1 Å². The van der Waals surface area contributed by atoms with E-state index in [1.54, 1.807) is 36.4 Å². The first-order valence-corrected chi connectivity index (χ1v) is 11.0. The lowest BCUT2D eigenvalue weighted by Crippen LogP contribution is -2.21. The first-order valence-electron chi connectivity index (χ1n) is 10.6. The number of carboxylic acid groups (broad SMARTS) is 2. The molecular weight excluding hydrogens is 488 g/mol. The van der Waals surface area contributed by atoms with Gasteiger partial charge in [-0.3, -0.25) is 4.79 Å². The zero-order chi connectivity index (χ0) is 25.7. The number of amides is 1. The van der Waals surface area contributed by atoms with Crippen LogP contribution in [0.15, 0.2) is 83.5 Å². The molecule has 0 atom stereocenters. The molecule has 0 spiro atoms. The number of carbonyl (C=O) groups excluding carboxylic acids is 1. The number of anilines is 1. The number of hydrazone groups is 1. The van der Waals surface area contributed by atoms with Crippen molar-refractivity contribution in [2.45, 2.75) is 0 Å². The number of nitrogens with zero attached hydrogens (tertiary/aromatic N) is 2. The Kier molecular flexibility index (Phi) is 7.31. The second-order valence-corrected chi connectivity index (χ2v) is 7.97. The van der Waals surface area contributed by atoms with Gasteiger partial charge in [-0.1, -0.05) is 41.9 Å². The summed E-state index contributed by atoms with van der Waals surface area (Å²) < 4.78 is 10.6. The third-order valence-electron chi connectivity index (χ3n) is 4.99. The van der Waals surface area contributed by atoms with Crippen LogP contribution in [0, 0.1) is 0 Å². The highest BCUT2D eigenvalue weighted by molar-refractivity contribution is 6.37. The average molecular weight is 507 g/mol. The third kappa shape index (κ3) is 5.70. The molecule has 3 aromatic rings. The Labute approximate surface area is 210 Å². The second-order valence-electron chi connectivity index (χ2n) is 7.53. The molecule has 4 rings (SSSR count). The Balaban J connectivity index is 1.78. The van der Waals surface area contributed by atoms with Crippen LogP contribution in [0.2, 0.25) is 5.02 Å². The Bertz CT molecular complexity index is 1370. The molecule has 10 heteroatoms. The zero-order valence-electron chi connectivity index (χ0n) is 18.6. The Morgan fingerprint density at radius 1 is 0.917 bits per heavy atom. The minimum Gasteiger partial charge on any atom is -0.482 e. The van der Waals surface area contributed by atoms with Gasteiger partial charge in [-0.2, -0.15) is 10.1 Å². The number of aliphatic carboxylic acids is 2. The van der Waals surface area contributed by atoms with Gasteiger partial charge >= 0.3 is 11.9 Å². The van der Waals surface area contributed by atoms with E-state index in [0.29, 0.717) is 27.5 Å². The summed E-state index contributed by atoms with van der Waals surface area (Å²) in [6, 6.07) is 20.2. The van der Waals surface area contributed by atoms with Crippen LogP contribution in [0.3, 0.4) is 0 Å². The molecule has 36 heavy (non-hydrogen) atoms. The first-order chi connectivity index (χ1) is 17.3. The molecule has 0 aromatic heterocycles. The molecule has 182 valence electrons. The van der Waals surface area contributed by atoms with Gasteiger partial charge in [0, 0.05) is 22.2 Å². The minimum atomic E-state index is -1.21. The maximum atomic E-state index is 13.5. The van der Waals surface area contributed by atoms with Gasteiger partial charge in [0.1, 0.15) is 17.2 Å². The fourth-order valence-corrected chi connectivity index (χ4v) is 3.53. The van der Waals surface area contributed by atoms with Crippen molar-refractivity contribution in [3.63, 3.8) is 0 Å². The van der Waals surface area contributed by atoms with E-state index in [2.05, 4.69) is 5.10 Å². The molecule has 0 radical (unpaired) electrons. The molecule has 1 aliphatic heterocycles. The summed E-state index contributed by atoms with van der Waals surface area (Å²) in [7, 11) is 0. The second kappa shape index (κ2) is 10.7. The largest absolute Gasteiger partial charge is 0.482 e. The smallest absolute Gasteiger partial charge is 0.341 e. The van der Waals surface area contributed by atoms with Crippen molar-refractivity contribution in [3.8, 4) is 11.5 Å². The van der Waals surface area contributed by atoms with Crippen LogP contribution in [-0.2, 0) is 14.4 Å². The van der Waals surface area contributed by atoms with Crippen molar-refractivity contribution in [1.29, 1.82) is 0 Å². The summed E-state index contributed by atoms with van der Waals surface area (Å²) in [5.41, 5.74) is 2.24. The third-order valence-corrected chi connectivity index (χ3v) is 5.25. The van der Waals surface area contributed by atoms with Gasteiger partial charge in [0.15, 0.2) is 13.2 Å². The number of hydrogen-bond acceptors (Lipinski definition) is 6. The van der Waals surface area contributed by atoms with E-state index < -0.39 is 31.1 Å². The van der Waals surface area contributed by atoms with Crippen LogP contribution >= 0.6 is 11.6 Å². The van der Waals surface area contributed by atoms with E-state index in [9.17, 15) is 14.4 Å². The van der Waals surface area contributed by atoms with Crippen LogP contribution in [0.5, 0.6) is 11.5 Å². The van der Waals surface area contributed by atoms with Crippen molar-refractivity contribution in [3.05, 3.63) is 94.5 Å². The van der Waals surface area contributed by atoms with Gasteiger partial charge in [-0.15, -0.1) is 0 Å².